The average molecular weight is 389 g/mol. The molecule has 0 unspecified atom stereocenters. The Morgan fingerprint density at radius 3 is 2.93 bits per heavy atom. The number of amides is 1. The summed E-state index contributed by atoms with van der Waals surface area (Å²) in [7, 11) is -3.22. The van der Waals surface area contributed by atoms with Crippen LogP contribution in [-0.2, 0) is 29.4 Å². The fourth-order valence-electron chi connectivity index (χ4n) is 3.38. The molecule has 8 heteroatoms. The zero-order valence-corrected chi connectivity index (χ0v) is 16.1. The second-order valence-corrected chi connectivity index (χ2v) is 9.41. The molecule has 1 aliphatic carbocycles. The second-order valence-electron chi connectivity index (χ2n) is 7.16. The monoisotopic (exact) mass is 389 g/mol. The Labute approximate surface area is 158 Å². The number of hydrogen-bond acceptors (Lipinski definition) is 5. The number of hydrogen-bond donors (Lipinski definition) is 1. The molecule has 0 spiro atoms. The van der Waals surface area contributed by atoms with Crippen LogP contribution in [0.1, 0.15) is 47.3 Å². The van der Waals surface area contributed by atoms with Crippen molar-refractivity contribution in [1.29, 1.82) is 0 Å². The zero-order chi connectivity index (χ0) is 19.0. The molecule has 1 aromatic carbocycles. The summed E-state index contributed by atoms with van der Waals surface area (Å²) in [5.41, 5.74) is 2.88. The molecule has 1 saturated carbocycles. The molecule has 144 valence electrons. The van der Waals surface area contributed by atoms with Crippen LogP contribution < -0.4 is 5.32 Å². The Morgan fingerprint density at radius 2 is 2.19 bits per heavy atom. The van der Waals surface area contributed by atoms with Crippen molar-refractivity contribution >= 4 is 21.6 Å². The smallest absolute Gasteiger partial charge is 0.277 e. The molecule has 27 heavy (non-hydrogen) atoms. The number of anilines is 1. The van der Waals surface area contributed by atoms with Gasteiger partial charge in [0.2, 0.25) is 10.0 Å². The molecule has 0 atom stereocenters. The van der Waals surface area contributed by atoms with Gasteiger partial charge >= 0.3 is 0 Å². The van der Waals surface area contributed by atoms with Crippen molar-refractivity contribution in [2.24, 2.45) is 5.92 Å². The van der Waals surface area contributed by atoms with Gasteiger partial charge in [0.1, 0.15) is 6.26 Å². The molecule has 1 N–H and O–H groups in total. The fraction of sp³-hybridized carbons (Fsp3) is 0.474. The predicted octanol–water partition coefficient (Wildman–Crippen LogP) is 2.59. The summed E-state index contributed by atoms with van der Waals surface area (Å²) in [4.78, 5) is 16.8. The number of oxazole rings is 1. The number of nitrogens with one attached hydrogen (secondary N) is 1. The van der Waals surface area contributed by atoms with Gasteiger partial charge in [-0.25, -0.2) is 13.4 Å². The molecular weight excluding hydrogens is 366 g/mol. The number of fused-ring (bicyclic) bond motifs is 1. The van der Waals surface area contributed by atoms with Gasteiger partial charge in [-0.2, -0.15) is 4.31 Å². The van der Waals surface area contributed by atoms with Crippen molar-refractivity contribution in [3.8, 4) is 0 Å². The van der Waals surface area contributed by atoms with Gasteiger partial charge in [-0.05, 0) is 49.3 Å². The Morgan fingerprint density at radius 1 is 1.37 bits per heavy atom. The molecule has 2 aliphatic rings. The molecule has 1 fully saturated rings. The molecule has 7 nitrogen and oxygen atoms in total. The van der Waals surface area contributed by atoms with E-state index in [1.54, 1.807) is 6.92 Å². The van der Waals surface area contributed by atoms with Gasteiger partial charge in [0, 0.05) is 25.2 Å². The Kier molecular flexibility index (Phi) is 4.77. The van der Waals surface area contributed by atoms with Crippen LogP contribution in [0.3, 0.4) is 0 Å². The highest BCUT2D eigenvalue weighted by Gasteiger charge is 2.27. The number of nitrogens with zero attached hydrogens (tertiary/aromatic N) is 2. The van der Waals surface area contributed by atoms with Gasteiger partial charge in [0.15, 0.2) is 11.6 Å². The molecular formula is C19H23N3O4S. The van der Waals surface area contributed by atoms with Crippen molar-refractivity contribution < 1.29 is 17.6 Å². The highest BCUT2D eigenvalue weighted by molar-refractivity contribution is 7.89. The predicted molar refractivity (Wildman–Crippen MR) is 101 cm³/mol. The number of aromatic nitrogens is 1. The van der Waals surface area contributed by atoms with Crippen LogP contribution in [0.25, 0.3) is 0 Å². The number of carbonyl (C=O) groups is 1. The van der Waals surface area contributed by atoms with Crippen molar-refractivity contribution in [3.05, 3.63) is 47.2 Å². The maximum absolute atomic E-state index is 12.5. The maximum Gasteiger partial charge on any atom is 0.277 e. The topological polar surface area (TPSA) is 92.5 Å². The van der Waals surface area contributed by atoms with E-state index >= 15 is 0 Å². The first kappa shape index (κ1) is 18.2. The summed E-state index contributed by atoms with van der Waals surface area (Å²) in [5, 5.41) is 2.91. The minimum Gasteiger partial charge on any atom is -0.448 e. The van der Waals surface area contributed by atoms with Crippen LogP contribution in [0.5, 0.6) is 0 Å². The highest BCUT2D eigenvalue weighted by atomic mass is 32.2. The lowest BCUT2D eigenvalue weighted by atomic mass is 9.99. The standard InChI is InChI=1S/C19H23N3O4S/c1-2-27(24,25)22-9-8-15-14(11-22)4-3-5-16(15)21-19(23)17-12-26-18(20-17)10-13-6-7-13/h3-5,12-13H,2,6-11H2,1H3,(H,21,23). The van der Waals surface area contributed by atoms with Crippen LogP contribution in [0.2, 0.25) is 0 Å². The third kappa shape index (κ3) is 3.91. The van der Waals surface area contributed by atoms with Gasteiger partial charge < -0.3 is 9.73 Å². The van der Waals surface area contributed by atoms with Gasteiger partial charge in [0.05, 0.1) is 5.75 Å². The average Bonchev–Trinajstić information content (AvgIpc) is 3.35. The van der Waals surface area contributed by atoms with E-state index in [1.165, 1.54) is 23.4 Å². The maximum atomic E-state index is 12.5. The first-order valence-electron chi connectivity index (χ1n) is 9.30. The molecule has 1 aliphatic heterocycles. The SMILES string of the molecule is CCS(=O)(=O)N1CCc2c(cccc2NC(=O)c2coc(CC3CC3)n2)C1. The molecule has 0 radical (unpaired) electrons. The molecule has 4 rings (SSSR count). The third-order valence-corrected chi connectivity index (χ3v) is 7.01. The minimum atomic E-state index is -3.22. The van der Waals surface area contributed by atoms with Crippen LogP contribution in [0.15, 0.2) is 28.9 Å². The highest BCUT2D eigenvalue weighted by Crippen LogP contribution is 2.32. The summed E-state index contributed by atoms with van der Waals surface area (Å²) in [6.45, 7) is 2.41. The number of rotatable bonds is 6. The Bertz CT molecular complexity index is 963. The fourth-order valence-corrected chi connectivity index (χ4v) is 4.46. The van der Waals surface area contributed by atoms with Crippen molar-refractivity contribution in [2.45, 2.75) is 39.2 Å². The van der Waals surface area contributed by atoms with Crippen LogP contribution in [0, 0.1) is 5.92 Å². The second kappa shape index (κ2) is 7.09. The van der Waals surface area contributed by atoms with E-state index in [0.29, 0.717) is 37.0 Å². The molecule has 2 aromatic rings. The summed E-state index contributed by atoms with van der Waals surface area (Å²) < 4.78 is 31.2. The summed E-state index contributed by atoms with van der Waals surface area (Å²) >= 11 is 0. The lowest BCUT2D eigenvalue weighted by molar-refractivity contribution is 0.102. The van der Waals surface area contributed by atoms with E-state index < -0.39 is 10.0 Å². The molecule has 0 bridgehead atoms. The summed E-state index contributed by atoms with van der Waals surface area (Å²) in [6.07, 6.45) is 5.15. The van der Waals surface area contributed by atoms with Crippen LogP contribution in [0.4, 0.5) is 5.69 Å². The van der Waals surface area contributed by atoms with Crippen LogP contribution in [-0.4, -0.2) is 35.9 Å². The first-order valence-corrected chi connectivity index (χ1v) is 10.9. The summed E-state index contributed by atoms with van der Waals surface area (Å²) in [6, 6.07) is 5.58. The molecule has 2 heterocycles. The molecule has 0 saturated heterocycles. The van der Waals surface area contributed by atoms with Crippen LogP contribution >= 0.6 is 0 Å². The van der Waals surface area contributed by atoms with E-state index in [1.807, 2.05) is 18.2 Å². The van der Waals surface area contributed by atoms with Gasteiger partial charge in [-0.3, -0.25) is 4.79 Å². The van der Waals surface area contributed by atoms with E-state index in [2.05, 4.69) is 10.3 Å². The lowest BCUT2D eigenvalue weighted by Gasteiger charge is -2.29. The Balaban J connectivity index is 1.49. The minimum absolute atomic E-state index is 0.0914. The van der Waals surface area contributed by atoms with Crippen molar-refractivity contribution in [1.82, 2.24) is 9.29 Å². The van der Waals surface area contributed by atoms with Crippen molar-refractivity contribution in [2.75, 3.05) is 17.6 Å². The zero-order valence-electron chi connectivity index (χ0n) is 15.3. The Hall–Kier alpha value is -2.19. The van der Waals surface area contributed by atoms with Gasteiger partial charge in [-0.1, -0.05) is 12.1 Å². The third-order valence-electron chi connectivity index (χ3n) is 5.18. The van der Waals surface area contributed by atoms with E-state index in [0.717, 1.165) is 17.5 Å². The number of sulfonamides is 1. The van der Waals surface area contributed by atoms with Gasteiger partial charge in [0.25, 0.3) is 5.91 Å². The molecule has 1 amide bonds. The van der Waals surface area contributed by atoms with E-state index in [-0.39, 0.29) is 17.4 Å². The first-order chi connectivity index (χ1) is 13.0. The quantitative estimate of drug-likeness (QED) is 0.820. The van der Waals surface area contributed by atoms with E-state index in [9.17, 15) is 13.2 Å². The lowest BCUT2D eigenvalue weighted by Crippen LogP contribution is -2.37. The largest absolute Gasteiger partial charge is 0.448 e. The number of carbonyl (C=O) groups excluding carboxylic acids is 1. The number of benzene rings is 1. The van der Waals surface area contributed by atoms with E-state index in [4.69, 9.17) is 4.42 Å². The van der Waals surface area contributed by atoms with Crippen molar-refractivity contribution in [3.63, 3.8) is 0 Å². The summed E-state index contributed by atoms with van der Waals surface area (Å²) in [5.74, 6) is 1.03. The normalized spacial score (nSPS) is 17.5. The molecule has 1 aromatic heterocycles. The van der Waals surface area contributed by atoms with Gasteiger partial charge in [-0.15, -0.1) is 0 Å².